The van der Waals surface area contributed by atoms with Gasteiger partial charge < -0.3 is 10.6 Å². The van der Waals surface area contributed by atoms with Crippen LogP contribution >= 0.6 is 12.2 Å². The highest BCUT2D eigenvalue weighted by Gasteiger charge is 2.51. The summed E-state index contributed by atoms with van der Waals surface area (Å²) in [5.41, 5.74) is 6.02. The Morgan fingerprint density at radius 1 is 1.38 bits per heavy atom. The summed E-state index contributed by atoms with van der Waals surface area (Å²) in [6, 6.07) is 0. The standard InChI is InChI=1S/C10H16N2S/c11-9(13)10(1-2-10)6-12-4-7-3-8(7)5-12/h7-8H,1-6H2,(H2,11,13). The van der Waals surface area contributed by atoms with Gasteiger partial charge >= 0.3 is 0 Å². The van der Waals surface area contributed by atoms with Gasteiger partial charge in [-0.3, -0.25) is 0 Å². The van der Waals surface area contributed by atoms with Crippen molar-refractivity contribution in [2.45, 2.75) is 19.3 Å². The van der Waals surface area contributed by atoms with E-state index >= 15 is 0 Å². The summed E-state index contributed by atoms with van der Waals surface area (Å²) < 4.78 is 0. The lowest BCUT2D eigenvalue weighted by Gasteiger charge is -2.23. The highest BCUT2D eigenvalue weighted by Crippen LogP contribution is 2.50. The quantitative estimate of drug-likeness (QED) is 0.683. The lowest BCUT2D eigenvalue weighted by molar-refractivity contribution is 0.274. The number of likely N-dealkylation sites (tertiary alicyclic amines) is 1. The van der Waals surface area contributed by atoms with Crippen molar-refractivity contribution in [2.75, 3.05) is 19.6 Å². The summed E-state index contributed by atoms with van der Waals surface area (Å²) in [5.74, 6) is 2.06. The molecule has 2 saturated carbocycles. The van der Waals surface area contributed by atoms with Crippen molar-refractivity contribution < 1.29 is 0 Å². The van der Waals surface area contributed by atoms with E-state index in [0.29, 0.717) is 0 Å². The van der Waals surface area contributed by atoms with Gasteiger partial charge in [-0.05, 0) is 31.1 Å². The van der Waals surface area contributed by atoms with E-state index < -0.39 is 0 Å². The van der Waals surface area contributed by atoms with E-state index in [-0.39, 0.29) is 5.41 Å². The lowest BCUT2D eigenvalue weighted by Crippen LogP contribution is -2.36. The molecule has 1 heterocycles. The Kier molecular flexibility index (Phi) is 1.54. The summed E-state index contributed by atoms with van der Waals surface area (Å²) in [6.45, 7) is 3.78. The number of nitrogens with two attached hydrogens (primary N) is 1. The molecule has 0 spiro atoms. The van der Waals surface area contributed by atoms with E-state index in [9.17, 15) is 0 Å². The Morgan fingerprint density at radius 2 is 2.00 bits per heavy atom. The predicted molar refractivity (Wildman–Crippen MR) is 56.5 cm³/mol. The monoisotopic (exact) mass is 196 g/mol. The average Bonchev–Trinajstić information content (AvgIpc) is 2.94. The van der Waals surface area contributed by atoms with Gasteiger partial charge in [0.2, 0.25) is 0 Å². The zero-order valence-corrected chi connectivity index (χ0v) is 8.65. The number of hydrogen-bond donors (Lipinski definition) is 1. The smallest absolute Gasteiger partial charge is 0.0802 e. The van der Waals surface area contributed by atoms with Gasteiger partial charge in [0.1, 0.15) is 0 Å². The van der Waals surface area contributed by atoms with E-state index in [1.807, 2.05) is 0 Å². The molecule has 3 rings (SSSR count). The van der Waals surface area contributed by atoms with E-state index in [4.69, 9.17) is 18.0 Å². The van der Waals surface area contributed by atoms with E-state index in [2.05, 4.69) is 4.90 Å². The van der Waals surface area contributed by atoms with Gasteiger partial charge in [0.15, 0.2) is 0 Å². The first-order chi connectivity index (χ1) is 6.20. The zero-order valence-electron chi connectivity index (χ0n) is 7.83. The van der Waals surface area contributed by atoms with Crippen LogP contribution in [-0.2, 0) is 0 Å². The van der Waals surface area contributed by atoms with Crippen molar-refractivity contribution in [1.82, 2.24) is 4.90 Å². The van der Waals surface area contributed by atoms with Crippen molar-refractivity contribution in [1.29, 1.82) is 0 Å². The molecule has 2 unspecified atom stereocenters. The van der Waals surface area contributed by atoms with Gasteiger partial charge in [-0.1, -0.05) is 12.2 Å². The summed E-state index contributed by atoms with van der Waals surface area (Å²) in [6.07, 6.45) is 3.94. The third-order valence-electron chi connectivity index (χ3n) is 3.96. The second kappa shape index (κ2) is 2.45. The Balaban J connectivity index is 1.60. The summed E-state index contributed by atoms with van der Waals surface area (Å²) in [4.78, 5) is 3.33. The molecule has 3 heteroatoms. The highest BCUT2D eigenvalue weighted by molar-refractivity contribution is 7.80. The predicted octanol–water partition coefficient (Wildman–Crippen LogP) is 1.00. The maximum absolute atomic E-state index is 5.76. The highest BCUT2D eigenvalue weighted by atomic mass is 32.1. The van der Waals surface area contributed by atoms with Crippen LogP contribution in [-0.4, -0.2) is 29.5 Å². The molecule has 3 fully saturated rings. The Hall–Kier alpha value is -0.150. The molecule has 3 aliphatic rings. The van der Waals surface area contributed by atoms with Gasteiger partial charge in [-0.2, -0.15) is 0 Å². The number of rotatable bonds is 3. The fraction of sp³-hybridized carbons (Fsp3) is 0.900. The third-order valence-corrected chi connectivity index (χ3v) is 4.39. The van der Waals surface area contributed by atoms with Crippen molar-refractivity contribution in [3.63, 3.8) is 0 Å². The van der Waals surface area contributed by atoms with Crippen LogP contribution in [0.15, 0.2) is 0 Å². The van der Waals surface area contributed by atoms with Gasteiger partial charge in [0, 0.05) is 25.0 Å². The number of piperidine rings is 1. The zero-order chi connectivity index (χ0) is 9.05. The third kappa shape index (κ3) is 1.29. The molecule has 2 atom stereocenters. The SMILES string of the molecule is NC(=S)C1(CN2CC3CC3C2)CC1. The fourth-order valence-corrected chi connectivity index (χ4v) is 2.95. The molecule has 0 amide bonds. The molecule has 0 bridgehead atoms. The van der Waals surface area contributed by atoms with Crippen LogP contribution in [0.1, 0.15) is 19.3 Å². The van der Waals surface area contributed by atoms with Gasteiger partial charge in [-0.25, -0.2) is 0 Å². The minimum atomic E-state index is 0.256. The molecule has 13 heavy (non-hydrogen) atoms. The van der Waals surface area contributed by atoms with Crippen LogP contribution in [0.25, 0.3) is 0 Å². The van der Waals surface area contributed by atoms with Crippen LogP contribution in [0.2, 0.25) is 0 Å². The molecule has 0 aromatic carbocycles. The molecule has 2 aliphatic carbocycles. The lowest BCUT2D eigenvalue weighted by atomic mass is 10.1. The first kappa shape index (κ1) is 8.18. The molecule has 0 radical (unpaired) electrons. The maximum atomic E-state index is 5.76. The molecular weight excluding hydrogens is 180 g/mol. The molecule has 1 aliphatic heterocycles. The first-order valence-electron chi connectivity index (χ1n) is 5.22. The van der Waals surface area contributed by atoms with Crippen molar-refractivity contribution in [2.24, 2.45) is 23.0 Å². The van der Waals surface area contributed by atoms with Crippen LogP contribution in [0.3, 0.4) is 0 Å². The Morgan fingerprint density at radius 3 is 2.46 bits per heavy atom. The van der Waals surface area contributed by atoms with E-state index in [1.165, 1.54) is 32.4 Å². The van der Waals surface area contributed by atoms with Gasteiger partial charge in [-0.15, -0.1) is 0 Å². The Labute approximate surface area is 84.5 Å². The van der Waals surface area contributed by atoms with Gasteiger partial charge in [0.25, 0.3) is 0 Å². The topological polar surface area (TPSA) is 29.3 Å². The van der Waals surface area contributed by atoms with E-state index in [1.54, 1.807) is 0 Å². The molecule has 1 saturated heterocycles. The summed E-state index contributed by atoms with van der Waals surface area (Å²) >= 11 is 5.12. The van der Waals surface area contributed by atoms with Crippen LogP contribution in [0, 0.1) is 17.3 Å². The summed E-state index contributed by atoms with van der Waals surface area (Å²) in [5, 5.41) is 0. The molecule has 72 valence electrons. The number of hydrogen-bond acceptors (Lipinski definition) is 2. The van der Waals surface area contributed by atoms with Crippen molar-refractivity contribution in [3.05, 3.63) is 0 Å². The van der Waals surface area contributed by atoms with Crippen LogP contribution in [0.5, 0.6) is 0 Å². The second-order valence-electron chi connectivity index (χ2n) is 5.09. The largest absolute Gasteiger partial charge is 0.393 e. The van der Waals surface area contributed by atoms with Crippen LogP contribution in [0.4, 0.5) is 0 Å². The minimum Gasteiger partial charge on any atom is -0.393 e. The molecule has 0 aromatic heterocycles. The van der Waals surface area contributed by atoms with Gasteiger partial charge in [0.05, 0.1) is 4.99 Å². The fourth-order valence-electron chi connectivity index (χ4n) is 2.69. The molecule has 2 nitrogen and oxygen atoms in total. The number of fused-ring (bicyclic) bond motifs is 1. The Bertz CT molecular complexity index is 250. The maximum Gasteiger partial charge on any atom is 0.0802 e. The molecular formula is C10H16N2S. The van der Waals surface area contributed by atoms with Crippen molar-refractivity contribution >= 4 is 17.2 Å². The van der Waals surface area contributed by atoms with Crippen molar-refractivity contribution in [3.8, 4) is 0 Å². The second-order valence-corrected chi connectivity index (χ2v) is 5.53. The molecule has 2 N–H and O–H groups in total. The minimum absolute atomic E-state index is 0.256. The number of nitrogens with zero attached hydrogens (tertiary/aromatic N) is 1. The van der Waals surface area contributed by atoms with Crippen LogP contribution < -0.4 is 5.73 Å². The summed E-state index contributed by atoms with van der Waals surface area (Å²) in [7, 11) is 0. The number of thiocarbonyl (C=S) groups is 1. The normalized spacial score (nSPS) is 40.0. The molecule has 0 aromatic rings. The average molecular weight is 196 g/mol. The first-order valence-corrected chi connectivity index (χ1v) is 5.63. The van der Waals surface area contributed by atoms with E-state index in [0.717, 1.165) is 23.4 Å².